The van der Waals surface area contributed by atoms with Crippen LogP contribution in [-0.2, 0) is 0 Å². The fourth-order valence-corrected chi connectivity index (χ4v) is 6.30. The molecule has 3 aromatic heterocycles. The van der Waals surface area contributed by atoms with E-state index < -0.39 is 0 Å². The smallest absolute Gasteiger partial charge is 0.0712 e. The van der Waals surface area contributed by atoms with Gasteiger partial charge < -0.3 is 0 Å². The molecule has 5 aromatic rings. The maximum atomic E-state index is 5.48. The van der Waals surface area contributed by atoms with Gasteiger partial charge in [-0.15, -0.1) is 6.42 Å². The van der Waals surface area contributed by atoms with Gasteiger partial charge >= 0.3 is 0 Å². The zero-order valence-corrected chi connectivity index (χ0v) is 27.7. The van der Waals surface area contributed by atoms with Crippen LogP contribution in [0.5, 0.6) is 0 Å². The summed E-state index contributed by atoms with van der Waals surface area (Å²) in [6.45, 7) is 2.08. The highest BCUT2D eigenvalue weighted by atomic mass is 14.7. The quantitative estimate of drug-likeness (QED) is 0.126. The molecule has 0 N–H and O–H groups in total. The van der Waals surface area contributed by atoms with Crippen molar-refractivity contribution in [2.75, 3.05) is 0 Å². The van der Waals surface area contributed by atoms with Crippen molar-refractivity contribution in [1.29, 1.82) is 0 Å². The standard InChI is InChI=1S/C46H37N3/c1-3-4-8-15-33(2)43-31-40(32-46(49-43)36-20-13-7-14-21-36)39-26-41(44-29-37(22-24-47-44)34-16-9-5-10-17-34)28-42(27-39)45-30-38(23-25-48-45)35-18-11-6-12-19-35/h1,4-6,8-11,13,15-18,20-32H,7,12,14,19H2,2H3/b8-4-,33-15+. The van der Waals surface area contributed by atoms with Crippen LogP contribution in [0.25, 0.3) is 61.5 Å². The van der Waals surface area contributed by atoms with Crippen LogP contribution < -0.4 is 0 Å². The van der Waals surface area contributed by atoms with Crippen LogP contribution in [0.1, 0.15) is 49.6 Å². The summed E-state index contributed by atoms with van der Waals surface area (Å²) in [5.74, 6) is 2.58. The first-order valence-electron chi connectivity index (χ1n) is 16.8. The first-order valence-corrected chi connectivity index (χ1v) is 16.8. The Morgan fingerprint density at radius 1 is 0.694 bits per heavy atom. The maximum Gasteiger partial charge on any atom is 0.0712 e. The summed E-state index contributed by atoms with van der Waals surface area (Å²) in [5.41, 5.74) is 14.9. The van der Waals surface area contributed by atoms with Crippen molar-refractivity contribution in [1.82, 2.24) is 15.0 Å². The third-order valence-corrected chi connectivity index (χ3v) is 8.93. The van der Waals surface area contributed by atoms with E-state index in [-0.39, 0.29) is 0 Å². The van der Waals surface area contributed by atoms with Crippen molar-refractivity contribution in [2.45, 2.75) is 32.6 Å². The fourth-order valence-electron chi connectivity index (χ4n) is 6.30. The Bertz CT molecular complexity index is 2240. The number of hydrogen-bond acceptors (Lipinski definition) is 3. The minimum atomic E-state index is 0.905. The summed E-state index contributed by atoms with van der Waals surface area (Å²) < 4.78 is 0. The molecule has 0 aliphatic heterocycles. The fraction of sp³-hybridized carbons (Fsp3) is 0.109. The highest BCUT2D eigenvalue weighted by Crippen LogP contribution is 2.36. The topological polar surface area (TPSA) is 38.7 Å². The van der Waals surface area contributed by atoms with Gasteiger partial charge in [-0.05, 0) is 138 Å². The number of terminal acetylenes is 1. The van der Waals surface area contributed by atoms with Crippen LogP contribution in [0.4, 0.5) is 0 Å². The second-order valence-electron chi connectivity index (χ2n) is 12.3. The van der Waals surface area contributed by atoms with Crippen molar-refractivity contribution in [2.24, 2.45) is 0 Å². The Kier molecular flexibility index (Phi) is 9.48. The molecule has 0 unspecified atom stereocenters. The lowest BCUT2D eigenvalue weighted by Gasteiger charge is -2.15. The van der Waals surface area contributed by atoms with Gasteiger partial charge in [0.25, 0.3) is 0 Å². The van der Waals surface area contributed by atoms with Crippen molar-refractivity contribution >= 4 is 16.7 Å². The Morgan fingerprint density at radius 2 is 1.41 bits per heavy atom. The lowest BCUT2D eigenvalue weighted by Crippen LogP contribution is -1.97. The minimum Gasteiger partial charge on any atom is -0.256 e. The van der Waals surface area contributed by atoms with Crippen LogP contribution >= 0.6 is 0 Å². The molecule has 3 heterocycles. The van der Waals surface area contributed by atoms with Gasteiger partial charge in [0.1, 0.15) is 0 Å². The van der Waals surface area contributed by atoms with E-state index in [1.807, 2.05) is 30.6 Å². The molecule has 0 saturated carbocycles. The molecule has 0 fully saturated rings. The molecule has 0 bridgehead atoms. The van der Waals surface area contributed by atoms with E-state index in [1.54, 1.807) is 6.08 Å². The molecule has 3 heteroatoms. The number of benzene rings is 2. The van der Waals surface area contributed by atoms with Crippen molar-refractivity contribution in [3.8, 4) is 57.1 Å². The SMILES string of the molecule is C#C/C=C\C=C(/C)c1cc(-c2cc(-c3cc(C4=CC=CCC4)ccn3)cc(-c3cc(-c4ccccc4)ccn3)c2)cc(C2=CCCC=C2)n1. The molecule has 7 rings (SSSR count). The summed E-state index contributed by atoms with van der Waals surface area (Å²) in [6, 6.07) is 30.1. The summed E-state index contributed by atoms with van der Waals surface area (Å²) in [5, 5.41) is 0. The van der Waals surface area contributed by atoms with E-state index in [0.717, 1.165) is 93.0 Å². The number of aromatic nitrogens is 3. The number of allylic oxidation sites excluding steroid dienone is 12. The Hall–Kier alpha value is -6.11. The minimum absolute atomic E-state index is 0.905. The second kappa shape index (κ2) is 14.8. The molecule has 236 valence electrons. The predicted octanol–water partition coefficient (Wildman–Crippen LogP) is 11.6. The summed E-state index contributed by atoms with van der Waals surface area (Å²) in [4.78, 5) is 14.9. The van der Waals surface area contributed by atoms with Crippen LogP contribution in [-0.4, -0.2) is 15.0 Å². The predicted molar refractivity (Wildman–Crippen MR) is 206 cm³/mol. The third kappa shape index (κ3) is 7.40. The molecule has 2 aromatic carbocycles. The Morgan fingerprint density at radius 3 is 2.12 bits per heavy atom. The van der Waals surface area contributed by atoms with E-state index >= 15 is 0 Å². The highest BCUT2D eigenvalue weighted by Gasteiger charge is 2.15. The first-order chi connectivity index (χ1) is 24.1. The molecule has 2 aliphatic carbocycles. The summed E-state index contributed by atoms with van der Waals surface area (Å²) in [7, 11) is 0. The number of hydrogen-bond donors (Lipinski definition) is 0. The van der Waals surface area contributed by atoms with Crippen molar-refractivity contribution < 1.29 is 0 Å². The largest absolute Gasteiger partial charge is 0.256 e. The van der Waals surface area contributed by atoms with Gasteiger partial charge in [-0.25, -0.2) is 4.98 Å². The van der Waals surface area contributed by atoms with Gasteiger partial charge in [-0.1, -0.05) is 84.9 Å². The summed E-state index contributed by atoms with van der Waals surface area (Å²) in [6.07, 6.45) is 32.3. The third-order valence-electron chi connectivity index (χ3n) is 8.93. The molecule has 0 amide bonds. The molecule has 49 heavy (non-hydrogen) atoms. The normalized spacial score (nSPS) is 14.4. The van der Waals surface area contributed by atoms with Gasteiger partial charge in [0.15, 0.2) is 0 Å². The van der Waals surface area contributed by atoms with Gasteiger partial charge in [-0.2, -0.15) is 0 Å². The lowest BCUT2D eigenvalue weighted by molar-refractivity contribution is 1.04. The first kappa shape index (κ1) is 31.5. The van der Waals surface area contributed by atoms with Crippen molar-refractivity contribution in [3.63, 3.8) is 0 Å². The van der Waals surface area contributed by atoms with E-state index in [2.05, 4.69) is 128 Å². The monoisotopic (exact) mass is 631 g/mol. The number of rotatable bonds is 8. The molecule has 0 saturated heterocycles. The lowest BCUT2D eigenvalue weighted by atomic mass is 9.92. The van der Waals surface area contributed by atoms with E-state index in [4.69, 9.17) is 21.4 Å². The molecule has 0 atom stereocenters. The van der Waals surface area contributed by atoms with Crippen LogP contribution in [0, 0.1) is 12.3 Å². The van der Waals surface area contributed by atoms with Crippen LogP contribution in [0.3, 0.4) is 0 Å². The number of nitrogens with zero attached hydrogens (tertiary/aromatic N) is 3. The van der Waals surface area contributed by atoms with Crippen LogP contribution in [0.2, 0.25) is 0 Å². The number of pyridine rings is 3. The zero-order chi connectivity index (χ0) is 33.4. The van der Waals surface area contributed by atoms with Gasteiger partial charge in [0, 0.05) is 23.5 Å². The molecular formula is C46H37N3. The van der Waals surface area contributed by atoms with E-state index in [1.165, 1.54) is 11.1 Å². The Labute approximate surface area is 289 Å². The molecule has 2 aliphatic rings. The van der Waals surface area contributed by atoms with E-state index in [9.17, 15) is 0 Å². The zero-order valence-electron chi connectivity index (χ0n) is 27.7. The molecular weight excluding hydrogens is 595 g/mol. The van der Waals surface area contributed by atoms with Gasteiger partial charge in [0.05, 0.1) is 22.8 Å². The average Bonchev–Trinajstić information content (AvgIpc) is 3.18. The second-order valence-corrected chi connectivity index (χ2v) is 12.3. The maximum absolute atomic E-state index is 5.48. The van der Waals surface area contributed by atoms with Crippen LogP contribution in [0.15, 0.2) is 152 Å². The molecule has 0 spiro atoms. The van der Waals surface area contributed by atoms with Gasteiger partial charge in [0.2, 0.25) is 0 Å². The molecule has 0 radical (unpaired) electrons. The Balaban J connectivity index is 1.41. The van der Waals surface area contributed by atoms with Gasteiger partial charge in [-0.3, -0.25) is 9.97 Å². The highest BCUT2D eigenvalue weighted by molar-refractivity contribution is 5.85. The van der Waals surface area contributed by atoms with Crippen molar-refractivity contribution in [3.05, 3.63) is 169 Å². The van der Waals surface area contributed by atoms with E-state index in [0.29, 0.717) is 0 Å². The summed E-state index contributed by atoms with van der Waals surface area (Å²) >= 11 is 0. The molecule has 3 nitrogen and oxygen atoms in total. The average molecular weight is 632 g/mol.